The van der Waals surface area contributed by atoms with Crippen LogP contribution in [0.4, 0.5) is 0 Å². The van der Waals surface area contributed by atoms with Crippen LogP contribution in [0.5, 0.6) is 11.5 Å². The first-order chi connectivity index (χ1) is 12.1. The van der Waals surface area contributed by atoms with Crippen LogP contribution >= 0.6 is 0 Å². The van der Waals surface area contributed by atoms with E-state index in [2.05, 4.69) is 18.7 Å². The van der Waals surface area contributed by atoms with Crippen molar-refractivity contribution in [1.82, 2.24) is 0 Å². The fraction of sp³-hybridized carbons (Fsp3) is 0.286. The lowest BCUT2D eigenvalue weighted by molar-refractivity contribution is -0.130. The molecule has 4 nitrogen and oxygen atoms in total. The van der Waals surface area contributed by atoms with Gasteiger partial charge >= 0.3 is 5.97 Å². The summed E-state index contributed by atoms with van der Waals surface area (Å²) in [5, 5.41) is 1.85. The zero-order chi connectivity index (χ0) is 17.4. The van der Waals surface area contributed by atoms with E-state index in [0.29, 0.717) is 17.9 Å². The van der Waals surface area contributed by atoms with Gasteiger partial charge in [-0.15, -0.1) is 0 Å². The summed E-state index contributed by atoms with van der Waals surface area (Å²) < 4.78 is 17.1. The Balaban J connectivity index is 1.88. The van der Waals surface area contributed by atoms with Crippen LogP contribution < -0.4 is 9.47 Å². The van der Waals surface area contributed by atoms with Crippen LogP contribution in [-0.4, -0.2) is 25.3 Å². The quantitative estimate of drug-likeness (QED) is 0.274. The molecule has 25 heavy (non-hydrogen) atoms. The molecule has 1 heterocycles. The minimum atomic E-state index is -0.401. The summed E-state index contributed by atoms with van der Waals surface area (Å²) in [7, 11) is 0. The average molecular weight is 336 g/mol. The molecule has 1 aliphatic heterocycles. The van der Waals surface area contributed by atoms with Crippen LogP contribution in [0.1, 0.15) is 18.1 Å². The number of rotatable bonds is 5. The molecule has 2 aliphatic rings. The second kappa shape index (κ2) is 6.37. The van der Waals surface area contributed by atoms with E-state index < -0.39 is 5.97 Å². The predicted octanol–water partition coefficient (Wildman–Crippen LogP) is 3.75. The Morgan fingerprint density at radius 3 is 2.36 bits per heavy atom. The maximum atomic E-state index is 12.2. The molecule has 0 radical (unpaired) electrons. The number of epoxide rings is 1. The fourth-order valence-electron chi connectivity index (χ4n) is 3.11. The number of allylic oxidation sites excluding steroid dienone is 2. The Bertz CT molecular complexity index is 890. The SMILES string of the molecule is C=C(C)C(=O)Oc1c2c(c(OCC3CO3)c3ccccc13)CC=CC2. The minimum Gasteiger partial charge on any atom is -0.490 e. The molecule has 2 aromatic rings. The molecule has 0 bridgehead atoms. The Morgan fingerprint density at radius 2 is 1.76 bits per heavy atom. The van der Waals surface area contributed by atoms with Crippen LogP contribution in [0.15, 0.2) is 48.6 Å². The van der Waals surface area contributed by atoms with Gasteiger partial charge in [0.1, 0.15) is 24.2 Å². The van der Waals surface area contributed by atoms with Gasteiger partial charge in [0, 0.05) is 27.5 Å². The van der Waals surface area contributed by atoms with Crippen molar-refractivity contribution in [3.63, 3.8) is 0 Å². The van der Waals surface area contributed by atoms with Crippen molar-refractivity contribution in [2.75, 3.05) is 13.2 Å². The number of ether oxygens (including phenoxy) is 3. The van der Waals surface area contributed by atoms with Gasteiger partial charge in [-0.05, 0) is 19.8 Å². The molecule has 0 aromatic heterocycles. The second-order valence-electron chi connectivity index (χ2n) is 6.48. The first-order valence-corrected chi connectivity index (χ1v) is 8.48. The summed E-state index contributed by atoms with van der Waals surface area (Å²) in [6.07, 6.45) is 5.90. The molecule has 0 amide bonds. The molecule has 0 spiro atoms. The first kappa shape index (κ1) is 15.9. The van der Waals surface area contributed by atoms with Crippen molar-refractivity contribution in [3.8, 4) is 11.5 Å². The zero-order valence-electron chi connectivity index (χ0n) is 14.2. The van der Waals surface area contributed by atoms with Gasteiger partial charge in [0.05, 0.1) is 6.61 Å². The van der Waals surface area contributed by atoms with Crippen LogP contribution in [-0.2, 0) is 22.4 Å². The molecule has 0 N–H and O–H groups in total. The van der Waals surface area contributed by atoms with Crippen molar-refractivity contribution in [2.45, 2.75) is 25.9 Å². The largest absolute Gasteiger partial charge is 0.490 e. The third kappa shape index (κ3) is 3.05. The van der Waals surface area contributed by atoms with E-state index in [9.17, 15) is 4.79 Å². The minimum absolute atomic E-state index is 0.189. The van der Waals surface area contributed by atoms with E-state index in [4.69, 9.17) is 14.2 Å². The molecule has 1 aliphatic carbocycles. The van der Waals surface area contributed by atoms with E-state index >= 15 is 0 Å². The Labute approximate surface area is 146 Å². The predicted molar refractivity (Wildman–Crippen MR) is 96.2 cm³/mol. The molecular weight excluding hydrogens is 316 g/mol. The summed E-state index contributed by atoms with van der Waals surface area (Å²) in [4.78, 5) is 12.2. The molecule has 4 rings (SSSR count). The summed E-state index contributed by atoms with van der Waals surface area (Å²) in [6.45, 7) is 6.65. The monoisotopic (exact) mass is 336 g/mol. The first-order valence-electron chi connectivity index (χ1n) is 8.48. The lowest BCUT2D eigenvalue weighted by Gasteiger charge is -2.22. The second-order valence-corrected chi connectivity index (χ2v) is 6.48. The standard InChI is InChI=1S/C21H20O4/c1-13(2)21(22)25-20-17-9-5-3-7-15(17)19(24-12-14-11-23-14)16-8-4-6-10-18(16)20/h3-7,9,14H,1,8,10-12H2,2H3. The van der Waals surface area contributed by atoms with E-state index in [-0.39, 0.29) is 6.10 Å². The molecular formula is C21H20O4. The molecule has 1 saturated heterocycles. The molecule has 1 unspecified atom stereocenters. The molecule has 2 aromatic carbocycles. The summed E-state index contributed by atoms with van der Waals surface area (Å²) in [6, 6.07) is 7.89. The maximum Gasteiger partial charge on any atom is 0.338 e. The molecule has 128 valence electrons. The summed E-state index contributed by atoms with van der Waals surface area (Å²) in [5.74, 6) is 1.10. The van der Waals surface area contributed by atoms with Crippen LogP contribution in [0.25, 0.3) is 10.8 Å². The highest BCUT2D eigenvalue weighted by molar-refractivity contribution is 5.99. The highest BCUT2D eigenvalue weighted by atomic mass is 16.6. The van der Waals surface area contributed by atoms with Gasteiger partial charge in [0.15, 0.2) is 0 Å². The van der Waals surface area contributed by atoms with E-state index in [1.165, 1.54) is 0 Å². The fourth-order valence-corrected chi connectivity index (χ4v) is 3.11. The number of esters is 1. The average Bonchev–Trinajstić information content (AvgIpc) is 3.45. The number of carbonyl (C=O) groups excluding carboxylic acids is 1. The third-order valence-electron chi connectivity index (χ3n) is 4.50. The number of hydrogen-bond acceptors (Lipinski definition) is 4. The van der Waals surface area contributed by atoms with Crippen LogP contribution in [0.3, 0.4) is 0 Å². The highest BCUT2D eigenvalue weighted by Gasteiger charge is 2.27. The maximum absolute atomic E-state index is 12.2. The van der Waals surface area contributed by atoms with Gasteiger partial charge in [0.2, 0.25) is 0 Å². The lowest BCUT2D eigenvalue weighted by Crippen LogP contribution is -2.14. The van der Waals surface area contributed by atoms with Gasteiger partial charge in [0.25, 0.3) is 0 Å². The zero-order valence-corrected chi connectivity index (χ0v) is 14.2. The van der Waals surface area contributed by atoms with Crippen molar-refractivity contribution in [1.29, 1.82) is 0 Å². The van der Waals surface area contributed by atoms with Gasteiger partial charge in [-0.25, -0.2) is 4.79 Å². The molecule has 1 atom stereocenters. The van der Waals surface area contributed by atoms with Crippen LogP contribution in [0, 0.1) is 0 Å². The van der Waals surface area contributed by atoms with Gasteiger partial charge in [-0.2, -0.15) is 0 Å². The lowest BCUT2D eigenvalue weighted by atomic mass is 9.90. The van der Waals surface area contributed by atoms with E-state index in [0.717, 1.165) is 47.1 Å². The topological polar surface area (TPSA) is 48.1 Å². The number of carbonyl (C=O) groups is 1. The Hall–Kier alpha value is -2.59. The van der Waals surface area contributed by atoms with E-state index in [1.54, 1.807) is 6.92 Å². The van der Waals surface area contributed by atoms with Crippen molar-refractivity contribution in [3.05, 3.63) is 59.7 Å². The van der Waals surface area contributed by atoms with Crippen LogP contribution in [0.2, 0.25) is 0 Å². The molecule has 1 fully saturated rings. The third-order valence-corrected chi connectivity index (χ3v) is 4.50. The van der Waals surface area contributed by atoms with Gasteiger partial charge < -0.3 is 14.2 Å². The van der Waals surface area contributed by atoms with Crippen molar-refractivity contribution < 1.29 is 19.0 Å². The highest BCUT2D eigenvalue weighted by Crippen LogP contribution is 2.43. The smallest absolute Gasteiger partial charge is 0.338 e. The molecule has 0 saturated carbocycles. The Kier molecular flexibility index (Phi) is 4.06. The van der Waals surface area contributed by atoms with Gasteiger partial charge in [-0.3, -0.25) is 0 Å². The summed E-state index contributed by atoms with van der Waals surface area (Å²) in [5.41, 5.74) is 2.49. The molecule has 4 heteroatoms. The normalized spacial score (nSPS) is 17.9. The van der Waals surface area contributed by atoms with Crippen molar-refractivity contribution in [2.24, 2.45) is 0 Å². The van der Waals surface area contributed by atoms with Crippen molar-refractivity contribution >= 4 is 16.7 Å². The number of hydrogen-bond donors (Lipinski definition) is 0. The Morgan fingerprint density at radius 1 is 1.16 bits per heavy atom. The number of fused-ring (bicyclic) bond motifs is 2. The summed E-state index contributed by atoms with van der Waals surface area (Å²) >= 11 is 0. The number of benzene rings is 2. The van der Waals surface area contributed by atoms with E-state index in [1.807, 2.05) is 24.3 Å². The van der Waals surface area contributed by atoms with Gasteiger partial charge in [-0.1, -0.05) is 43.0 Å².